The van der Waals surface area contributed by atoms with Gasteiger partial charge in [0.15, 0.2) is 0 Å². The van der Waals surface area contributed by atoms with Crippen molar-refractivity contribution in [1.82, 2.24) is 10.3 Å². The summed E-state index contributed by atoms with van der Waals surface area (Å²) in [5, 5.41) is 9.73. The van der Waals surface area contributed by atoms with Crippen LogP contribution in [0.15, 0.2) is 66.7 Å². The van der Waals surface area contributed by atoms with Crippen molar-refractivity contribution < 1.29 is 9.53 Å². The molecule has 4 rings (SSSR count). The van der Waals surface area contributed by atoms with Crippen LogP contribution in [0.5, 0.6) is 5.75 Å². The molecule has 174 valence electrons. The number of nitrogens with zero attached hydrogens (tertiary/aromatic N) is 1. The molecule has 34 heavy (non-hydrogen) atoms. The van der Waals surface area contributed by atoms with E-state index in [0.717, 1.165) is 58.2 Å². The number of methoxy groups -OCH3 is 1. The summed E-state index contributed by atoms with van der Waals surface area (Å²) in [5.41, 5.74) is 3.56. The predicted octanol–water partition coefficient (Wildman–Crippen LogP) is 6.73. The molecule has 0 aliphatic rings. The summed E-state index contributed by atoms with van der Waals surface area (Å²) in [6, 6.07) is 19.1. The van der Waals surface area contributed by atoms with Crippen LogP contribution >= 0.6 is 23.2 Å². The monoisotopic (exact) mass is 493 g/mol. The van der Waals surface area contributed by atoms with E-state index >= 15 is 0 Å². The van der Waals surface area contributed by atoms with Gasteiger partial charge in [0.25, 0.3) is 0 Å². The smallest absolute Gasteiger partial charge is 0.243 e. The molecule has 2 N–H and O–H groups in total. The fourth-order valence-electron chi connectivity index (χ4n) is 3.63. The molecule has 1 heterocycles. The lowest BCUT2D eigenvalue weighted by Crippen LogP contribution is -2.22. The van der Waals surface area contributed by atoms with Gasteiger partial charge in [-0.15, -0.1) is 0 Å². The number of carbonyl (C=O) groups is 1. The van der Waals surface area contributed by atoms with E-state index in [-0.39, 0.29) is 5.91 Å². The number of unbranched alkanes of at least 4 members (excludes halogenated alkanes) is 1. The number of fused-ring (bicyclic) bond motifs is 2. The highest BCUT2D eigenvalue weighted by Gasteiger charge is 2.09. The molecule has 0 atom stereocenters. The van der Waals surface area contributed by atoms with Gasteiger partial charge in [-0.05, 0) is 60.9 Å². The van der Waals surface area contributed by atoms with E-state index in [0.29, 0.717) is 16.6 Å². The van der Waals surface area contributed by atoms with Gasteiger partial charge in [-0.2, -0.15) is 0 Å². The second kappa shape index (κ2) is 11.2. The minimum absolute atomic E-state index is 0.114. The van der Waals surface area contributed by atoms with Crippen molar-refractivity contribution in [2.45, 2.75) is 12.8 Å². The number of benzene rings is 3. The first-order valence-corrected chi connectivity index (χ1v) is 11.8. The molecule has 0 radical (unpaired) electrons. The third kappa shape index (κ3) is 6.19. The number of amides is 1. The number of aromatic nitrogens is 1. The molecule has 4 aromatic rings. The molecule has 0 saturated heterocycles. The molecular weight excluding hydrogens is 469 g/mol. The van der Waals surface area contributed by atoms with Crippen LogP contribution in [0.3, 0.4) is 0 Å². The molecule has 0 fully saturated rings. The molecule has 0 aliphatic carbocycles. The Balaban J connectivity index is 1.31. The van der Waals surface area contributed by atoms with Crippen molar-refractivity contribution in [3.63, 3.8) is 0 Å². The molecule has 0 saturated carbocycles. The van der Waals surface area contributed by atoms with Crippen LogP contribution in [0, 0.1) is 0 Å². The van der Waals surface area contributed by atoms with Gasteiger partial charge in [-0.25, -0.2) is 4.98 Å². The molecule has 0 bridgehead atoms. The first-order valence-electron chi connectivity index (χ1n) is 11.1. The largest absolute Gasteiger partial charge is 0.497 e. The van der Waals surface area contributed by atoms with E-state index in [1.807, 2.05) is 42.5 Å². The van der Waals surface area contributed by atoms with Crippen molar-refractivity contribution >= 4 is 62.7 Å². The summed E-state index contributed by atoms with van der Waals surface area (Å²) < 4.78 is 5.48. The third-order valence-corrected chi connectivity index (χ3v) is 5.89. The zero-order chi connectivity index (χ0) is 23.9. The molecule has 0 unspecified atom stereocenters. The van der Waals surface area contributed by atoms with Gasteiger partial charge in [-0.1, -0.05) is 41.4 Å². The molecular formula is C27H25Cl2N3O2. The van der Waals surface area contributed by atoms with Crippen LogP contribution in [-0.4, -0.2) is 31.1 Å². The Morgan fingerprint density at radius 1 is 0.941 bits per heavy atom. The summed E-state index contributed by atoms with van der Waals surface area (Å²) in [7, 11) is 1.66. The highest BCUT2D eigenvalue weighted by Crippen LogP contribution is 2.31. The number of hydrogen-bond donors (Lipinski definition) is 2. The van der Waals surface area contributed by atoms with E-state index in [1.165, 1.54) is 6.08 Å². The summed E-state index contributed by atoms with van der Waals surface area (Å²) in [6.07, 6.45) is 5.04. The van der Waals surface area contributed by atoms with E-state index in [1.54, 1.807) is 25.3 Å². The lowest BCUT2D eigenvalue weighted by atomic mass is 10.1. The van der Waals surface area contributed by atoms with Crippen LogP contribution in [0.25, 0.3) is 27.9 Å². The third-order valence-electron chi connectivity index (χ3n) is 5.40. The van der Waals surface area contributed by atoms with Gasteiger partial charge >= 0.3 is 0 Å². The van der Waals surface area contributed by atoms with E-state index in [4.69, 9.17) is 32.9 Å². The van der Waals surface area contributed by atoms with Crippen molar-refractivity contribution in [1.29, 1.82) is 0 Å². The highest BCUT2D eigenvalue weighted by molar-refractivity contribution is 6.31. The number of nitrogens with one attached hydrogen (secondary N) is 2. The highest BCUT2D eigenvalue weighted by atomic mass is 35.5. The standard InChI is InChI=1S/C27H25Cl2N3O2/c1-34-23-15-20-14-19-7-10-22(29)16-24(19)32-27(20)25(17-23)30-12-2-3-13-31-26(33)11-6-18-4-8-21(28)9-5-18/h4-11,14-17,30H,2-3,12-13H2,1H3,(H,31,33)/b11-6+. The zero-order valence-electron chi connectivity index (χ0n) is 18.8. The molecule has 0 aliphatic heterocycles. The van der Waals surface area contributed by atoms with E-state index in [2.05, 4.69) is 16.7 Å². The fourth-order valence-corrected chi connectivity index (χ4v) is 3.92. The van der Waals surface area contributed by atoms with Gasteiger partial charge in [0.2, 0.25) is 5.91 Å². The summed E-state index contributed by atoms with van der Waals surface area (Å²) in [6.45, 7) is 1.35. The maximum absolute atomic E-state index is 12.0. The Bertz CT molecular complexity index is 1340. The lowest BCUT2D eigenvalue weighted by Gasteiger charge is -2.13. The van der Waals surface area contributed by atoms with E-state index < -0.39 is 0 Å². The summed E-state index contributed by atoms with van der Waals surface area (Å²) in [4.78, 5) is 16.8. The second-order valence-electron chi connectivity index (χ2n) is 7.88. The number of carbonyl (C=O) groups excluding carboxylic acids is 1. The van der Waals surface area contributed by atoms with Crippen LogP contribution in [0.1, 0.15) is 18.4 Å². The van der Waals surface area contributed by atoms with Gasteiger partial charge in [0.1, 0.15) is 5.75 Å². The number of anilines is 1. The Labute approximate surface area is 208 Å². The molecule has 3 aromatic carbocycles. The van der Waals surface area contributed by atoms with Gasteiger partial charge in [0, 0.05) is 46.0 Å². The molecule has 7 heteroatoms. The molecule has 1 aromatic heterocycles. The van der Waals surface area contributed by atoms with Crippen molar-refractivity contribution in [3.8, 4) is 5.75 Å². The first-order chi connectivity index (χ1) is 16.5. The Morgan fingerprint density at radius 2 is 1.71 bits per heavy atom. The number of pyridine rings is 1. The van der Waals surface area contributed by atoms with Crippen LogP contribution < -0.4 is 15.4 Å². The topological polar surface area (TPSA) is 63.2 Å². The zero-order valence-corrected chi connectivity index (χ0v) is 20.3. The quantitative estimate of drug-likeness (QED) is 0.154. The van der Waals surface area contributed by atoms with Crippen molar-refractivity contribution in [3.05, 3.63) is 82.3 Å². The Kier molecular flexibility index (Phi) is 7.88. The van der Waals surface area contributed by atoms with Crippen molar-refractivity contribution in [2.24, 2.45) is 0 Å². The van der Waals surface area contributed by atoms with E-state index in [9.17, 15) is 4.79 Å². The molecule has 1 amide bonds. The minimum Gasteiger partial charge on any atom is -0.497 e. The minimum atomic E-state index is -0.114. The predicted molar refractivity (Wildman–Crippen MR) is 142 cm³/mol. The number of ether oxygens (including phenoxy) is 1. The summed E-state index contributed by atoms with van der Waals surface area (Å²) >= 11 is 12.0. The lowest BCUT2D eigenvalue weighted by molar-refractivity contribution is -0.116. The SMILES string of the molecule is COc1cc(NCCCCNC(=O)/C=C/c2ccc(Cl)cc2)c2nc3cc(Cl)ccc3cc2c1. The maximum Gasteiger partial charge on any atom is 0.243 e. The Morgan fingerprint density at radius 3 is 2.50 bits per heavy atom. The normalized spacial score (nSPS) is 11.3. The van der Waals surface area contributed by atoms with Gasteiger partial charge in [-0.3, -0.25) is 4.79 Å². The fraction of sp³-hybridized carbons (Fsp3) is 0.185. The first kappa shape index (κ1) is 23.9. The average molecular weight is 494 g/mol. The number of rotatable bonds is 9. The van der Waals surface area contributed by atoms with Crippen LogP contribution in [0.4, 0.5) is 5.69 Å². The second-order valence-corrected chi connectivity index (χ2v) is 8.75. The van der Waals surface area contributed by atoms with Crippen LogP contribution in [-0.2, 0) is 4.79 Å². The maximum atomic E-state index is 12.0. The Hall–Kier alpha value is -3.28. The number of halogens is 2. The van der Waals surface area contributed by atoms with Gasteiger partial charge < -0.3 is 15.4 Å². The van der Waals surface area contributed by atoms with Gasteiger partial charge in [0.05, 0.1) is 23.8 Å². The summed E-state index contributed by atoms with van der Waals surface area (Å²) in [5.74, 6) is 0.654. The van der Waals surface area contributed by atoms with Crippen molar-refractivity contribution in [2.75, 3.05) is 25.5 Å². The molecule has 5 nitrogen and oxygen atoms in total. The average Bonchev–Trinajstić information content (AvgIpc) is 2.84. The van der Waals surface area contributed by atoms with Crippen LogP contribution in [0.2, 0.25) is 10.0 Å². The number of hydrogen-bond acceptors (Lipinski definition) is 4. The molecule has 0 spiro atoms.